The maximum Gasteiger partial charge on any atom is 0.161 e. The molecule has 1 heterocycles. The Morgan fingerprint density at radius 1 is 1.16 bits per heavy atom. The van der Waals surface area contributed by atoms with Gasteiger partial charge in [-0.1, -0.05) is 0 Å². The van der Waals surface area contributed by atoms with E-state index in [4.69, 9.17) is 5.26 Å². The van der Waals surface area contributed by atoms with Gasteiger partial charge in [-0.2, -0.15) is 5.26 Å². The Morgan fingerprint density at radius 2 is 1.79 bits per heavy atom. The Bertz CT molecular complexity index is 493. The molecular weight excluding hydrogens is 255 g/mol. The van der Waals surface area contributed by atoms with Gasteiger partial charge in [0.2, 0.25) is 0 Å². The molecule has 1 aromatic carbocycles. The minimum Gasteiger partial charge on any atom is -0.314 e. The molecule has 0 radical (unpaired) electrons. The molecule has 2 rings (SSSR count). The number of rotatable bonds is 3. The average Bonchev–Trinajstić information content (AvgIpc) is 2.42. The van der Waals surface area contributed by atoms with Crippen LogP contribution in [-0.2, 0) is 0 Å². The molecule has 3 nitrogen and oxygen atoms in total. The summed E-state index contributed by atoms with van der Waals surface area (Å²) in [6, 6.07) is 2.84. The minimum absolute atomic E-state index is 0.0436. The van der Waals surface area contributed by atoms with Crippen molar-refractivity contribution in [1.82, 2.24) is 10.2 Å². The molecule has 1 aliphatic rings. The zero-order valence-corrected chi connectivity index (χ0v) is 10.3. The van der Waals surface area contributed by atoms with Crippen molar-refractivity contribution < 1.29 is 13.2 Å². The number of nitrogens with one attached hydrogen (secondary N) is 1. The van der Waals surface area contributed by atoms with Gasteiger partial charge in [-0.15, -0.1) is 0 Å². The van der Waals surface area contributed by atoms with Crippen molar-refractivity contribution in [2.75, 3.05) is 26.2 Å². The molecule has 0 aliphatic carbocycles. The molecule has 0 spiro atoms. The number of nitrogens with zero attached hydrogens (tertiary/aromatic N) is 2. The van der Waals surface area contributed by atoms with Crippen LogP contribution in [0.1, 0.15) is 18.0 Å². The normalized spacial score (nSPS) is 18.0. The second-order valence-electron chi connectivity index (χ2n) is 4.45. The third kappa shape index (κ3) is 3.06. The van der Waals surface area contributed by atoms with Crippen molar-refractivity contribution in [3.05, 3.63) is 35.1 Å². The van der Waals surface area contributed by atoms with E-state index in [0.29, 0.717) is 19.2 Å². The first-order chi connectivity index (χ1) is 9.13. The maximum absolute atomic E-state index is 13.8. The summed E-state index contributed by atoms with van der Waals surface area (Å²) in [5, 5.41) is 12.0. The summed E-state index contributed by atoms with van der Waals surface area (Å²) < 4.78 is 40.0. The van der Waals surface area contributed by atoms with E-state index in [1.807, 2.05) is 11.0 Å². The van der Waals surface area contributed by atoms with Gasteiger partial charge in [-0.05, 0) is 6.07 Å². The van der Waals surface area contributed by atoms with Gasteiger partial charge in [0.1, 0.15) is 5.82 Å². The summed E-state index contributed by atoms with van der Waals surface area (Å²) in [6.45, 7) is 2.75. The van der Waals surface area contributed by atoms with Crippen molar-refractivity contribution in [2.45, 2.75) is 12.5 Å². The first-order valence-electron chi connectivity index (χ1n) is 6.09. The molecule has 0 bridgehead atoms. The molecule has 0 amide bonds. The fourth-order valence-corrected chi connectivity index (χ4v) is 2.31. The molecule has 1 saturated heterocycles. The third-order valence-corrected chi connectivity index (χ3v) is 3.28. The van der Waals surface area contributed by atoms with Crippen LogP contribution in [0.15, 0.2) is 12.1 Å². The Morgan fingerprint density at radius 3 is 2.42 bits per heavy atom. The van der Waals surface area contributed by atoms with Crippen LogP contribution in [0.2, 0.25) is 0 Å². The molecule has 0 aromatic heterocycles. The fraction of sp³-hybridized carbons (Fsp3) is 0.462. The monoisotopic (exact) mass is 269 g/mol. The summed E-state index contributed by atoms with van der Waals surface area (Å²) in [4.78, 5) is 1.91. The lowest BCUT2D eigenvalue weighted by atomic mass is 10.0. The van der Waals surface area contributed by atoms with Crippen molar-refractivity contribution in [3.8, 4) is 6.07 Å². The Hall–Kier alpha value is -1.58. The molecule has 1 fully saturated rings. The van der Waals surface area contributed by atoms with Crippen LogP contribution < -0.4 is 5.32 Å². The molecule has 1 aliphatic heterocycles. The number of hydrogen-bond acceptors (Lipinski definition) is 3. The lowest BCUT2D eigenvalue weighted by Crippen LogP contribution is -2.45. The molecule has 0 unspecified atom stereocenters. The average molecular weight is 269 g/mol. The fourth-order valence-electron chi connectivity index (χ4n) is 2.31. The van der Waals surface area contributed by atoms with Crippen molar-refractivity contribution >= 4 is 0 Å². The summed E-state index contributed by atoms with van der Waals surface area (Å²) in [5.41, 5.74) is 0.0438. The highest BCUT2D eigenvalue weighted by molar-refractivity contribution is 5.24. The molecule has 6 heteroatoms. The zero-order valence-electron chi connectivity index (χ0n) is 10.3. The Balaban J connectivity index is 2.33. The van der Waals surface area contributed by atoms with E-state index in [-0.39, 0.29) is 12.0 Å². The van der Waals surface area contributed by atoms with Crippen LogP contribution in [0.5, 0.6) is 0 Å². The van der Waals surface area contributed by atoms with Gasteiger partial charge in [0.05, 0.1) is 18.5 Å². The molecule has 1 N–H and O–H groups in total. The van der Waals surface area contributed by atoms with Gasteiger partial charge in [-0.3, -0.25) is 4.90 Å². The standard InChI is InChI=1S/C13H14F3N3/c14-10-8-12(16)11(15)7-9(10)13(1-2-17)19-5-3-18-4-6-19/h7-8,13,18H,1,3-6H2/t13-/m1/s1. The van der Waals surface area contributed by atoms with Crippen LogP contribution in [-0.4, -0.2) is 31.1 Å². The van der Waals surface area contributed by atoms with Gasteiger partial charge in [-0.25, -0.2) is 13.2 Å². The first-order valence-corrected chi connectivity index (χ1v) is 6.09. The van der Waals surface area contributed by atoms with Crippen LogP contribution in [0.3, 0.4) is 0 Å². The van der Waals surface area contributed by atoms with Crippen LogP contribution >= 0.6 is 0 Å². The highest BCUT2D eigenvalue weighted by Crippen LogP contribution is 2.28. The molecule has 0 saturated carbocycles. The molecule has 1 atom stereocenters. The second kappa shape index (κ2) is 6.04. The third-order valence-electron chi connectivity index (χ3n) is 3.28. The Kier molecular flexibility index (Phi) is 4.40. The van der Waals surface area contributed by atoms with Crippen molar-refractivity contribution in [1.29, 1.82) is 5.26 Å². The lowest BCUT2D eigenvalue weighted by molar-refractivity contribution is 0.172. The predicted octanol–water partition coefficient (Wildman–Crippen LogP) is 1.96. The van der Waals surface area contributed by atoms with Crippen LogP contribution in [0.25, 0.3) is 0 Å². The van der Waals surface area contributed by atoms with Gasteiger partial charge >= 0.3 is 0 Å². The quantitative estimate of drug-likeness (QED) is 0.853. The van der Waals surface area contributed by atoms with Crippen molar-refractivity contribution in [3.63, 3.8) is 0 Å². The van der Waals surface area contributed by atoms with Crippen LogP contribution in [0, 0.1) is 28.8 Å². The van der Waals surface area contributed by atoms with E-state index in [0.717, 1.165) is 19.2 Å². The second-order valence-corrected chi connectivity index (χ2v) is 4.45. The number of nitriles is 1. The smallest absolute Gasteiger partial charge is 0.161 e. The van der Waals surface area contributed by atoms with E-state index < -0.39 is 23.5 Å². The van der Waals surface area contributed by atoms with Gasteiger partial charge in [0.15, 0.2) is 11.6 Å². The number of piperazine rings is 1. The largest absolute Gasteiger partial charge is 0.314 e. The van der Waals surface area contributed by atoms with E-state index in [2.05, 4.69) is 5.32 Å². The van der Waals surface area contributed by atoms with E-state index in [1.54, 1.807) is 0 Å². The topological polar surface area (TPSA) is 39.1 Å². The van der Waals surface area contributed by atoms with Crippen LogP contribution in [0.4, 0.5) is 13.2 Å². The predicted molar refractivity (Wildman–Crippen MR) is 63.7 cm³/mol. The van der Waals surface area contributed by atoms with Gasteiger partial charge in [0.25, 0.3) is 0 Å². The molecular formula is C13H14F3N3. The summed E-state index contributed by atoms with van der Waals surface area (Å²) in [7, 11) is 0. The maximum atomic E-state index is 13.8. The van der Waals surface area contributed by atoms with E-state index >= 15 is 0 Å². The van der Waals surface area contributed by atoms with Gasteiger partial charge < -0.3 is 5.32 Å². The van der Waals surface area contributed by atoms with Gasteiger partial charge in [0, 0.05) is 37.8 Å². The number of halogens is 3. The highest BCUT2D eigenvalue weighted by atomic mass is 19.2. The summed E-state index contributed by atoms with van der Waals surface area (Å²) in [5.74, 6) is -3.11. The SMILES string of the molecule is N#CC[C@H](c1cc(F)c(F)cc1F)N1CCNCC1. The van der Waals surface area contributed by atoms with E-state index in [1.165, 1.54) is 0 Å². The minimum atomic E-state index is -1.21. The Labute approximate surface area is 109 Å². The summed E-state index contributed by atoms with van der Waals surface area (Å²) >= 11 is 0. The van der Waals surface area contributed by atoms with E-state index in [9.17, 15) is 13.2 Å². The molecule has 19 heavy (non-hydrogen) atoms. The zero-order chi connectivity index (χ0) is 13.8. The first kappa shape index (κ1) is 13.8. The molecule has 1 aromatic rings. The summed E-state index contributed by atoms with van der Waals surface area (Å²) in [6.07, 6.45) is 0.0436. The number of hydrogen-bond donors (Lipinski definition) is 1. The lowest BCUT2D eigenvalue weighted by Gasteiger charge is -2.34. The highest BCUT2D eigenvalue weighted by Gasteiger charge is 2.25. The molecule has 102 valence electrons. The van der Waals surface area contributed by atoms with Crippen molar-refractivity contribution in [2.24, 2.45) is 0 Å². The number of benzene rings is 1.